The molecule has 0 saturated carbocycles. The maximum absolute atomic E-state index is 12.0. The molecule has 0 radical (unpaired) electrons. The van der Waals surface area contributed by atoms with Gasteiger partial charge in [-0.25, -0.2) is 0 Å². The number of halogens is 1. The third-order valence-electron chi connectivity index (χ3n) is 3.14. The Labute approximate surface area is 130 Å². The van der Waals surface area contributed by atoms with E-state index in [1.165, 1.54) is 10.5 Å². The summed E-state index contributed by atoms with van der Waals surface area (Å²) in [4.78, 5) is 13.4. The first kappa shape index (κ1) is 15.5. The number of hydrogen-bond acceptors (Lipinski definition) is 1. The van der Waals surface area contributed by atoms with Gasteiger partial charge in [-0.15, -0.1) is 0 Å². The first-order valence-electron chi connectivity index (χ1n) is 6.95. The molecule has 21 heavy (non-hydrogen) atoms. The van der Waals surface area contributed by atoms with E-state index in [1.54, 1.807) is 24.3 Å². The van der Waals surface area contributed by atoms with E-state index in [4.69, 9.17) is 11.6 Å². The van der Waals surface area contributed by atoms with Gasteiger partial charge in [0.1, 0.15) is 6.54 Å². The number of quaternary nitrogens is 1. The molecule has 0 bridgehead atoms. The quantitative estimate of drug-likeness (QED) is 0.869. The van der Waals surface area contributed by atoms with Crippen LogP contribution in [-0.2, 0) is 13.1 Å². The van der Waals surface area contributed by atoms with Gasteiger partial charge in [0.05, 0.1) is 14.1 Å². The molecule has 0 fully saturated rings. The van der Waals surface area contributed by atoms with Gasteiger partial charge in [0.2, 0.25) is 0 Å². The number of amides is 1. The molecule has 1 amide bonds. The first-order valence-corrected chi connectivity index (χ1v) is 7.33. The van der Waals surface area contributed by atoms with E-state index < -0.39 is 0 Å². The lowest BCUT2D eigenvalue weighted by atomic mass is 10.1. The predicted molar refractivity (Wildman–Crippen MR) is 85.6 cm³/mol. The minimum atomic E-state index is -0.0894. The van der Waals surface area contributed by atoms with E-state index in [0.717, 1.165) is 12.1 Å². The number of nitrogens with one attached hydrogen (secondary N) is 2. The molecule has 2 rings (SSSR count). The molecule has 2 aromatic rings. The molecule has 0 aliphatic rings. The van der Waals surface area contributed by atoms with Crippen molar-refractivity contribution < 1.29 is 9.69 Å². The first-order chi connectivity index (χ1) is 10.0. The molecule has 2 N–H and O–H groups in total. The second-order valence-corrected chi connectivity index (χ2v) is 5.83. The number of benzene rings is 2. The van der Waals surface area contributed by atoms with Crippen molar-refractivity contribution in [2.45, 2.75) is 13.1 Å². The smallest absolute Gasteiger partial charge is 0.251 e. The van der Waals surface area contributed by atoms with E-state index in [2.05, 4.69) is 43.7 Å². The zero-order valence-corrected chi connectivity index (χ0v) is 13.1. The molecule has 0 unspecified atom stereocenters. The Morgan fingerprint density at radius 3 is 2.14 bits per heavy atom. The van der Waals surface area contributed by atoms with E-state index in [0.29, 0.717) is 17.1 Å². The summed E-state index contributed by atoms with van der Waals surface area (Å²) in [5.41, 5.74) is 3.00. The van der Waals surface area contributed by atoms with E-state index in [9.17, 15) is 4.79 Å². The lowest BCUT2D eigenvalue weighted by Gasteiger charge is -2.09. The Bertz CT molecular complexity index is 591. The van der Waals surface area contributed by atoms with Gasteiger partial charge < -0.3 is 10.2 Å². The van der Waals surface area contributed by atoms with Gasteiger partial charge in [0, 0.05) is 22.7 Å². The van der Waals surface area contributed by atoms with Crippen LogP contribution in [0.2, 0.25) is 5.02 Å². The van der Waals surface area contributed by atoms with Crippen LogP contribution in [-0.4, -0.2) is 20.0 Å². The highest BCUT2D eigenvalue weighted by Gasteiger charge is 2.05. The van der Waals surface area contributed by atoms with Gasteiger partial charge in [-0.05, 0) is 29.8 Å². The summed E-state index contributed by atoms with van der Waals surface area (Å²) in [7, 11) is 4.25. The molecular weight excluding hydrogens is 284 g/mol. The predicted octanol–water partition coefficient (Wildman–Crippen LogP) is 1.91. The standard InChI is InChI=1S/C17H19ClN2O/c1-20(2)12-14-5-3-13(4-6-14)11-19-17(21)15-7-9-16(18)10-8-15/h3-10H,11-12H2,1-2H3,(H,19,21)/p+1. The maximum atomic E-state index is 12.0. The third kappa shape index (κ3) is 4.88. The minimum absolute atomic E-state index is 0.0894. The van der Waals surface area contributed by atoms with Crippen LogP contribution in [0.4, 0.5) is 0 Å². The number of rotatable bonds is 5. The Balaban J connectivity index is 1.90. The Morgan fingerprint density at radius 2 is 1.57 bits per heavy atom. The van der Waals surface area contributed by atoms with Crippen molar-refractivity contribution in [2.75, 3.05) is 14.1 Å². The van der Waals surface area contributed by atoms with Gasteiger partial charge in [-0.2, -0.15) is 0 Å². The zero-order valence-electron chi connectivity index (χ0n) is 12.3. The molecule has 0 aliphatic heterocycles. The fraction of sp³-hybridized carbons (Fsp3) is 0.235. The summed E-state index contributed by atoms with van der Waals surface area (Å²) in [6.07, 6.45) is 0. The van der Waals surface area contributed by atoms with Crippen molar-refractivity contribution in [3.8, 4) is 0 Å². The van der Waals surface area contributed by atoms with Gasteiger partial charge in [-0.1, -0.05) is 35.9 Å². The highest BCUT2D eigenvalue weighted by molar-refractivity contribution is 6.30. The molecule has 0 spiro atoms. The number of carbonyl (C=O) groups is 1. The van der Waals surface area contributed by atoms with Crippen molar-refractivity contribution in [3.05, 3.63) is 70.2 Å². The number of hydrogen-bond donors (Lipinski definition) is 2. The molecule has 0 saturated heterocycles. The van der Waals surface area contributed by atoms with Crippen LogP contribution < -0.4 is 10.2 Å². The molecule has 2 aromatic carbocycles. The molecule has 0 aromatic heterocycles. The summed E-state index contributed by atoms with van der Waals surface area (Å²) >= 11 is 5.81. The van der Waals surface area contributed by atoms with Crippen molar-refractivity contribution in [3.63, 3.8) is 0 Å². The average molecular weight is 304 g/mol. The van der Waals surface area contributed by atoms with E-state index in [1.807, 2.05) is 0 Å². The Hall–Kier alpha value is -1.84. The number of carbonyl (C=O) groups excluding carboxylic acids is 1. The molecule has 0 heterocycles. The van der Waals surface area contributed by atoms with Gasteiger partial charge in [-0.3, -0.25) is 4.79 Å². The van der Waals surface area contributed by atoms with Crippen molar-refractivity contribution in [2.24, 2.45) is 0 Å². The van der Waals surface area contributed by atoms with Crippen molar-refractivity contribution in [1.29, 1.82) is 0 Å². The third-order valence-corrected chi connectivity index (χ3v) is 3.39. The van der Waals surface area contributed by atoms with Crippen molar-refractivity contribution in [1.82, 2.24) is 5.32 Å². The van der Waals surface area contributed by atoms with E-state index >= 15 is 0 Å². The SMILES string of the molecule is C[NH+](C)Cc1ccc(CNC(=O)c2ccc(Cl)cc2)cc1. The molecule has 0 aliphatic carbocycles. The summed E-state index contributed by atoms with van der Waals surface area (Å²) in [5, 5.41) is 3.54. The lowest BCUT2D eigenvalue weighted by molar-refractivity contribution is -0.872. The maximum Gasteiger partial charge on any atom is 0.251 e. The van der Waals surface area contributed by atoms with Crippen LogP contribution >= 0.6 is 11.6 Å². The monoisotopic (exact) mass is 303 g/mol. The van der Waals surface area contributed by atoms with Gasteiger partial charge >= 0.3 is 0 Å². The summed E-state index contributed by atoms with van der Waals surface area (Å²) in [6, 6.07) is 15.2. The van der Waals surface area contributed by atoms with Crippen LogP contribution in [0.5, 0.6) is 0 Å². The lowest BCUT2D eigenvalue weighted by Crippen LogP contribution is -3.04. The normalized spacial score (nSPS) is 10.7. The van der Waals surface area contributed by atoms with Crippen LogP contribution in [0, 0.1) is 0 Å². The van der Waals surface area contributed by atoms with Crippen LogP contribution in [0.25, 0.3) is 0 Å². The largest absolute Gasteiger partial charge is 0.348 e. The fourth-order valence-electron chi connectivity index (χ4n) is 2.07. The van der Waals surface area contributed by atoms with Crippen LogP contribution in [0.15, 0.2) is 48.5 Å². The van der Waals surface area contributed by atoms with Crippen LogP contribution in [0.3, 0.4) is 0 Å². The average Bonchev–Trinajstić information content (AvgIpc) is 2.46. The second-order valence-electron chi connectivity index (χ2n) is 5.39. The Kier molecular flexibility index (Phi) is 5.37. The van der Waals surface area contributed by atoms with E-state index in [-0.39, 0.29) is 5.91 Å². The van der Waals surface area contributed by atoms with Gasteiger partial charge in [0.25, 0.3) is 5.91 Å². The second kappa shape index (κ2) is 7.25. The van der Waals surface area contributed by atoms with Crippen molar-refractivity contribution >= 4 is 17.5 Å². The summed E-state index contributed by atoms with van der Waals surface area (Å²) in [5.74, 6) is -0.0894. The Morgan fingerprint density at radius 1 is 1.00 bits per heavy atom. The topological polar surface area (TPSA) is 33.5 Å². The molecular formula is C17H20ClN2O+. The van der Waals surface area contributed by atoms with Gasteiger partial charge in [0.15, 0.2) is 0 Å². The highest BCUT2D eigenvalue weighted by atomic mass is 35.5. The van der Waals surface area contributed by atoms with Crippen LogP contribution in [0.1, 0.15) is 21.5 Å². The summed E-state index contributed by atoms with van der Waals surface area (Å²) < 4.78 is 0. The molecule has 3 nitrogen and oxygen atoms in total. The zero-order chi connectivity index (χ0) is 15.2. The minimum Gasteiger partial charge on any atom is -0.348 e. The molecule has 4 heteroatoms. The summed E-state index contributed by atoms with van der Waals surface area (Å²) in [6.45, 7) is 1.52. The highest BCUT2D eigenvalue weighted by Crippen LogP contribution is 2.10. The molecule has 0 atom stereocenters. The molecule has 110 valence electrons. The fourth-order valence-corrected chi connectivity index (χ4v) is 2.19.